The van der Waals surface area contributed by atoms with Crippen molar-refractivity contribution in [3.05, 3.63) is 34.7 Å². The Morgan fingerprint density at radius 1 is 1.33 bits per heavy atom. The minimum absolute atomic E-state index is 0.0412. The fraction of sp³-hybridized carbons (Fsp3) is 0.500. The van der Waals surface area contributed by atoms with Crippen molar-refractivity contribution in [1.82, 2.24) is 14.7 Å². The molecule has 1 aromatic heterocycles. The van der Waals surface area contributed by atoms with Crippen molar-refractivity contribution in [2.75, 3.05) is 13.6 Å². The third-order valence-electron chi connectivity index (χ3n) is 3.79. The predicted octanol–water partition coefficient (Wildman–Crippen LogP) is 4.22. The summed E-state index contributed by atoms with van der Waals surface area (Å²) in [4.78, 5) is 2.33. The van der Waals surface area contributed by atoms with Crippen molar-refractivity contribution in [2.24, 2.45) is 5.92 Å². The van der Waals surface area contributed by atoms with Crippen LogP contribution in [0.15, 0.2) is 28.7 Å². The van der Waals surface area contributed by atoms with Crippen molar-refractivity contribution in [3.63, 3.8) is 0 Å². The lowest BCUT2D eigenvalue weighted by molar-refractivity contribution is 0.233. The molecule has 6 heteroatoms. The first-order valence-corrected chi connectivity index (χ1v) is 8.38. The van der Waals surface area contributed by atoms with Gasteiger partial charge in [0.2, 0.25) is 5.89 Å². The van der Waals surface area contributed by atoms with Gasteiger partial charge >= 0.3 is 0 Å². The Morgan fingerprint density at radius 2 is 1.96 bits per heavy atom. The molecular formula is C18H24N4OS. The number of rotatable bonds is 5. The number of hydrogen-bond donors (Lipinski definition) is 0. The molecule has 0 aliphatic carbocycles. The summed E-state index contributed by atoms with van der Waals surface area (Å²) in [6.45, 7) is 9.58. The Hall–Kier alpha value is -1.97. The van der Waals surface area contributed by atoms with Crippen LogP contribution in [-0.2, 0) is 12.1 Å². The lowest BCUT2D eigenvalue weighted by atomic mass is 9.87. The zero-order valence-electron chi connectivity index (χ0n) is 14.9. The molecule has 0 radical (unpaired) electrons. The molecule has 1 atom stereocenters. The van der Waals surface area contributed by atoms with Gasteiger partial charge in [-0.2, -0.15) is 5.26 Å². The molecule has 1 heterocycles. The van der Waals surface area contributed by atoms with Crippen LogP contribution in [0.5, 0.6) is 0 Å². The Balaban J connectivity index is 2.17. The summed E-state index contributed by atoms with van der Waals surface area (Å²) >= 11 is 5.26. The van der Waals surface area contributed by atoms with Gasteiger partial charge in [-0.25, -0.2) is 4.68 Å². The fourth-order valence-electron chi connectivity index (χ4n) is 2.42. The van der Waals surface area contributed by atoms with Gasteiger partial charge in [0.05, 0.1) is 18.7 Å². The fourth-order valence-corrected chi connectivity index (χ4v) is 2.60. The van der Waals surface area contributed by atoms with Crippen molar-refractivity contribution in [2.45, 2.75) is 39.8 Å². The average molecular weight is 344 g/mol. The monoisotopic (exact) mass is 344 g/mol. The van der Waals surface area contributed by atoms with Gasteiger partial charge in [-0.05, 0) is 49.3 Å². The number of nitriles is 1. The van der Waals surface area contributed by atoms with Crippen molar-refractivity contribution >= 4 is 12.2 Å². The number of nitrogens with zero attached hydrogens (tertiary/aromatic N) is 4. The normalized spacial score (nSPS) is 13.0. The maximum absolute atomic E-state index is 8.90. The molecule has 0 saturated heterocycles. The number of aromatic nitrogens is 2. The van der Waals surface area contributed by atoms with Gasteiger partial charge in [-0.1, -0.05) is 32.9 Å². The smallest absolute Gasteiger partial charge is 0.288 e. The first-order valence-electron chi connectivity index (χ1n) is 7.97. The van der Waals surface area contributed by atoms with Crippen LogP contribution in [0.3, 0.4) is 0 Å². The first kappa shape index (κ1) is 18.4. The quantitative estimate of drug-likeness (QED) is 0.760. The van der Waals surface area contributed by atoms with Gasteiger partial charge in [0.15, 0.2) is 0 Å². The second-order valence-electron chi connectivity index (χ2n) is 7.21. The number of benzene rings is 1. The molecule has 0 fully saturated rings. The van der Waals surface area contributed by atoms with E-state index in [2.05, 4.69) is 44.1 Å². The highest BCUT2D eigenvalue weighted by molar-refractivity contribution is 7.71. The minimum Gasteiger partial charge on any atom is -0.409 e. The average Bonchev–Trinajstić information content (AvgIpc) is 2.87. The molecule has 0 saturated carbocycles. The third-order valence-corrected chi connectivity index (χ3v) is 4.08. The molecule has 0 bridgehead atoms. The van der Waals surface area contributed by atoms with Gasteiger partial charge in [-0.3, -0.25) is 4.90 Å². The Morgan fingerprint density at radius 3 is 2.50 bits per heavy atom. The lowest BCUT2D eigenvalue weighted by Crippen LogP contribution is -2.27. The van der Waals surface area contributed by atoms with Crippen LogP contribution in [0.4, 0.5) is 0 Å². The highest BCUT2D eigenvalue weighted by Crippen LogP contribution is 2.25. The maximum atomic E-state index is 8.90. The van der Waals surface area contributed by atoms with Crippen LogP contribution in [0.25, 0.3) is 11.5 Å². The van der Waals surface area contributed by atoms with Gasteiger partial charge in [-0.15, -0.1) is 5.10 Å². The van der Waals surface area contributed by atoms with Gasteiger partial charge in [0.25, 0.3) is 4.84 Å². The van der Waals surface area contributed by atoms with E-state index in [9.17, 15) is 0 Å². The molecule has 0 spiro atoms. The molecule has 1 aromatic carbocycles. The third kappa shape index (κ3) is 4.53. The Bertz CT molecular complexity index is 777. The molecule has 2 aromatic rings. The largest absolute Gasteiger partial charge is 0.409 e. The second-order valence-corrected chi connectivity index (χ2v) is 7.56. The lowest BCUT2D eigenvalue weighted by Gasteiger charge is -2.18. The van der Waals surface area contributed by atoms with Gasteiger partial charge in [0.1, 0.15) is 0 Å². The van der Waals surface area contributed by atoms with E-state index >= 15 is 0 Å². The molecule has 0 unspecified atom stereocenters. The summed E-state index contributed by atoms with van der Waals surface area (Å²) in [5, 5.41) is 13.4. The van der Waals surface area contributed by atoms with E-state index in [1.54, 1.807) is 4.68 Å². The summed E-state index contributed by atoms with van der Waals surface area (Å²) < 4.78 is 7.28. The van der Waals surface area contributed by atoms with Crippen molar-refractivity contribution in [1.29, 1.82) is 5.26 Å². The van der Waals surface area contributed by atoms with Crippen molar-refractivity contribution in [3.8, 4) is 17.5 Å². The summed E-state index contributed by atoms with van der Waals surface area (Å²) in [6, 6.07) is 10.4. The van der Waals surface area contributed by atoms with E-state index in [4.69, 9.17) is 21.9 Å². The molecule has 0 aliphatic rings. The van der Waals surface area contributed by atoms with E-state index in [1.807, 2.05) is 31.0 Å². The van der Waals surface area contributed by atoms with Crippen LogP contribution in [0, 0.1) is 22.1 Å². The zero-order chi connectivity index (χ0) is 17.9. The maximum Gasteiger partial charge on any atom is 0.288 e. The Kier molecular flexibility index (Phi) is 5.58. The van der Waals surface area contributed by atoms with Crippen LogP contribution < -0.4 is 0 Å². The highest BCUT2D eigenvalue weighted by Gasteiger charge is 2.15. The topological polar surface area (TPSA) is 58.0 Å². The minimum atomic E-state index is -0.0412. The van der Waals surface area contributed by atoms with E-state index in [-0.39, 0.29) is 11.3 Å². The molecule has 0 amide bonds. The number of hydrogen-bond acceptors (Lipinski definition) is 5. The SMILES string of the molecule is C[C@H](C#N)CN(C)Cn1nc(-c2ccc(C(C)(C)C)cc2)oc1=S. The summed E-state index contributed by atoms with van der Waals surface area (Å²) in [5.41, 5.74) is 2.27. The van der Waals surface area contributed by atoms with E-state index < -0.39 is 0 Å². The molecule has 128 valence electrons. The first-order chi connectivity index (χ1) is 11.2. The molecule has 5 nitrogen and oxygen atoms in total. The van der Waals surface area contributed by atoms with Crippen LogP contribution in [0.1, 0.15) is 33.3 Å². The van der Waals surface area contributed by atoms with Crippen LogP contribution in [-0.4, -0.2) is 28.3 Å². The van der Waals surface area contributed by atoms with Gasteiger partial charge in [0, 0.05) is 12.1 Å². The van der Waals surface area contributed by atoms with E-state index in [0.717, 1.165) is 5.56 Å². The molecular weight excluding hydrogens is 320 g/mol. The van der Waals surface area contributed by atoms with E-state index in [0.29, 0.717) is 23.9 Å². The molecule has 0 N–H and O–H groups in total. The summed E-state index contributed by atoms with van der Waals surface area (Å²) in [7, 11) is 1.93. The summed E-state index contributed by atoms with van der Waals surface area (Å²) in [5.74, 6) is 0.475. The van der Waals surface area contributed by atoms with Gasteiger partial charge < -0.3 is 4.42 Å². The van der Waals surface area contributed by atoms with Crippen LogP contribution >= 0.6 is 12.2 Å². The Labute approximate surface area is 148 Å². The zero-order valence-corrected chi connectivity index (χ0v) is 15.7. The highest BCUT2D eigenvalue weighted by atomic mass is 32.1. The predicted molar refractivity (Wildman–Crippen MR) is 96.9 cm³/mol. The molecule has 2 rings (SSSR count). The second kappa shape index (κ2) is 7.29. The van der Waals surface area contributed by atoms with Crippen molar-refractivity contribution < 1.29 is 4.42 Å². The standard InChI is InChI=1S/C18H24N4OS/c1-13(10-19)11-21(5)12-22-17(24)23-16(20-22)14-6-8-15(9-7-14)18(2,3)4/h6-9,13H,11-12H2,1-5H3/t13-/m1/s1. The van der Waals surface area contributed by atoms with E-state index in [1.165, 1.54) is 5.56 Å². The molecule has 24 heavy (non-hydrogen) atoms. The summed E-state index contributed by atoms with van der Waals surface area (Å²) in [6.07, 6.45) is 0. The van der Waals surface area contributed by atoms with Crippen LogP contribution in [0.2, 0.25) is 0 Å². The molecule has 0 aliphatic heterocycles.